The molecule has 0 aliphatic carbocycles. The minimum Gasteiger partial charge on any atom is -0.497 e. The standard InChI is InChI=1S/C14H17NO4/c1-8(7-16)15-14(17)13-9(2)11-6-10(18-3)4-5-12(11)19-13/h4-6,8,16H,7H2,1-3H3,(H,15,17). The fraction of sp³-hybridized carbons (Fsp3) is 0.357. The second-order valence-electron chi connectivity index (χ2n) is 4.48. The fourth-order valence-electron chi connectivity index (χ4n) is 1.88. The van der Waals surface area contributed by atoms with E-state index in [0.717, 1.165) is 10.9 Å². The molecule has 5 nitrogen and oxygen atoms in total. The number of hydrogen-bond donors (Lipinski definition) is 2. The summed E-state index contributed by atoms with van der Waals surface area (Å²) in [5.74, 6) is 0.657. The number of aliphatic hydroxyl groups excluding tert-OH is 1. The monoisotopic (exact) mass is 263 g/mol. The van der Waals surface area contributed by atoms with Crippen molar-refractivity contribution >= 4 is 16.9 Å². The van der Waals surface area contributed by atoms with Crippen LogP contribution in [0.4, 0.5) is 0 Å². The van der Waals surface area contributed by atoms with E-state index in [1.807, 2.05) is 13.0 Å². The number of hydrogen-bond acceptors (Lipinski definition) is 4. The van der Waals surface area contributed by atoms with Gasteiger partial charge in [-0.15, -0.1) is 0 Å². The number of benzene rings is 1. The van der Waals surface area contributed by atoms with Crippen LogP contribution in [0, 0.1) is 6.92 Å². The molecule has 0 bridgehead atoms. The van der Waals surface area contributed by atoms with Crippen LogP contribution >= 0.6 is 0 Å². The predicted octanol–water partition coefficient (Wildman–Crippen LogP) is 1.86. The van der Waals surface area contributed by atoms with Crippen molar-refractivity contribution in [3.63, 3.8) is 0 Å². The van der Waals surface area contributed by atoms with Gasteiger partial charge in [0.2, 0.25) is 0 Å². The first kappa shape index (κ1) is 13.4. The first-order chi connectivity index (χ1) is 9.06. The highest BCUT2D eigenvalue weighted by Crippen LogP contribution is 2.28. The maximum absolute atomic E-state index is 12.0. The van der Waals surface area contributed by atoms with E-state index < -0.39 is 0 Å². The highest BCUT2D eigenvalue weighted by molar-refractivity contribution is 5.99. The summed E-state index contributed by atoms with van der Waals surface area (Å²) in [4.78, 5) is 12.0. The van der Waals surface area contributed by atoms with Crippen LogP contribution in [0.3, 0.4) is 0 Å². The van der Waals surface area contributed by atoms with Crippen molar-refractivity contribution < 1.29 is 19.1 Å². The quantitative estimate of drug-likeness (QED) is 0.883. The zero-order valence-electron chi connectivity index (χ0n) is 11.2. The molecule has 2 rings (SSSR count). The van der Waals surface area contributed by atoms with Crippen LogP contribution in [0.1, 0.15) is 23.0 Å². The second-order valence-corrected chi connectivity index (χ2v) is 4.48. The van der Waals surface area contributed by atoms with Crippen LogP contribution in [0.5, 0.6) is 5.75 Å². The van der Waals surface area contributed by atoms with E-state index in [0.29, 0.717) is 11.3 Å². The number of methoxy groups -OCH3 is 1. The topological polar surface area (TPSA) is 71.7 Å². The molecule has 0 spiro atoms. The maximum atomic E-state index is 12.0. The lowest BCUT2D eigenvalue weighted by molar-refractivity contribution is 0.0895. The van der Waals surface area contributed by atoms with E-state index in [2.05, 4.69) is 5.32 Å². The Morgan fingerprint density at radius 3 is 2.89 bits per heavy atom. The lowest BCUT2D eigenvalue weighted by Crippen LogP contribution is -2.35. The van der Waals surface area contributed by atoms with Crippen LogP contribution < -0.4 is 10.1 Å². The Hall–Kier alpha value is -2.01. The van der Waals surface area contributed by atoms with Crippen molar-refractivity contribution in [3.8, 4) is 5.75 Å². The summed E-state index contributed by atoms with van der Waals surface area (Å²) in [6, 6.07) is 5.08. The Morgan fingerprint density at radius 2 is 2.26 bits per heavy atom. The summed E-state index contributed by atoms with van der Waals surface area (Å²) in [5.41, 5.74) is 1.40. The van der Waals surface area contributed by atoms with E-state index in [1.54, 1.807) is 26.2 Å². The normalized spacial score (nSPS) is 12.4. The van der Waals surface area contributed by atoms with Gasteiger partial charge < -0.3 is 19.6 Å². The summed E-state index contributed by atoms with van der Waals surface area (Å²) < 4.78 is 10.7. The Labute approximate surface area is 111 Å². The molecule has 1 atom stereocenters. The van der Waals surface area contributed by atoms with Gasteiger partial charge in [0.05, 0.1) is 13.7 Å². The summed E-state index contributed by atoms with van der Waals surface area (Å²) in [6.45, 7) is 3.43. The molecule has 1 aromatic carbocycles. The van der Waals surface area contributed by atoms with E-state index in [-0.39, 0.29) is 24.3 Å². The summed E-state index contributed by atoms with van der Waals surface area (Å²) in [7, 11) is 1.59. The number of aryl methyl sites for hydroxylation is 1. The minimum absolute atomic E-state index is 0.112. The van der Waals surface area contributed by atoms with Crippen molar-refractivity contribution in [2.75, 3.05) is 13.7 Å². The maximum Gasteiger partial charge on any atom is 0.287 e. The number of carbonyl (C=O) groups is 1. The van der Waals surface area contributed by atoms with Gasteiger partial charge in [0.15, 0.2) is 5.76 Å². The molecule has 0 radical (unpaired) electrons. The van der Waals surface area contributed by atoms with E-state index in [9.17, 15) is 4.79 Å². The third-order valence-electron chi connectivity index (χ3n) is 3.00. The van der Waals surface area contributed by atoms with Crippen LogP contribution in [0.25, 0.3) is 11.0 Å². The Kier molecular flexibility index (Phi) is 3.76. The van der Waals surface area contributed by atoms with Crippen molar-refractivity contribution in [2.45, 2.75) is 19.9 Å². The molecule has 2 N–H and O–H groups in total. The van der Waals surface area contributed by atoms with E-state index >= 15 is 0 Å². The Morgan fingerprint density at radius 1 is 1.53 bits per heavy atom. The first-order valence-corrected chi connectivity index (χ1v) is 6.05. The van der Waals surface area contributed by atoms with Crippen LogP contribution in [0.15, 0.2) is 22.6 Å². The Bertz CT molecular complexity index is 603. The second kappa shape index (κ2) is 5.32. The molecule has 2 aromatic rings. The van der Waals surface area contributed by atoms with Gasteiger partial charge >= 0.3 is 0 Å². The molecule has 0 fully saturated rings. The molecule has 5 heteroatoms. The molecule has 0 aliphatic heterocycles. The van der Waals surface area contributed by atoms with E-state index in [1.165, 1.54) is 0 Å². The average molecular weight is 263 g/mol. The van der Waals surface area contributed by atoms with Gasteiger partial charge in [-0.3, -0.25) is 4.79 Å². The molecule has 0 saturated heterocycles. The molecule has 0 aliphatic rings. The fourth-order valence-corrected chi connectivity index (χ4v) is 1.88. The number of ether oxygens (including phenoxy) is 1. The third-order valence-corrected chi connectivity index (χ3v) is 3.00. The molecule has 1 amide bonds. The summed E-state index contributed by atoms with van der Waals surface area (Å²) in [5, 5.41) is 12.5. The zero-order chi connectivity index (χ0) is 14.0. The Balaban J connectivity index is 2.39. The highest BCUT2D eigenvalue weighted by atomic mass is 16.5. The molecule has 1 aromatic heterocycles. The number of nitrogens with one attached hydrogen (secondary N) is 1. The van der Waals surface area contributed by atoms with Gasteiger partial charge in [-0.05, 0) is 32.0 Å². The number of rotatable bonds is 4. The van der Waals surface area contributed by atoms with Crippen molar-refractivity contribution in [1.29, 1.82) is 0 Å². The molecule has 1 unspecified atom stereocenters. The average Bonchev–Trinajstić information content (AvgIpc) is 2.75. The molecule has 19 heavy (non-hydrogen) atoms. The van der Waals surface area contributed by atoms with Gasteiger partial charge in [-0.2, -0.15) is 0 Å². The third kappa shape index (κ3) is 2.56. The van der Waals surface area contributed by atoms with Crippen molar-refractivity contribution in [2.24, 2.45) is 0 Å². The van der Waals surface area contributed by atoms with Gasteiger partial charge in [0.1, 0.15) is 11.3 Å². The highest BCUT2D eigenvalue weighted by Gasteiger charge is 2.19. The number of fused-ring (bicyclic) bond motifs is 1. The molecular formula is C14H17NO4. The largest absolute Gasteiger partial charge is 0.497 e. The SMILES string of the molecule is COc1ccc2oc(C(=O)NC(C)CO)c(C)c2c1. The number of carbonyl (C=O) groups excluding carboxylic acids is 1. The summed E-state index contributed by atoms with van der Waals surface area (Å²) in [6.07, 6.45) is 0. The van der Waals surface area contributed by atoms with Crippen LogP contribution in [-0.2, 0) is 0 Å². The van der Waals surface area contributed by atoms with E-state index in [4.69, 9.17) is 14.3 Å². The minimum atomic E-state index is -0.325. The first-order valence-electron chi connectivity index (χ1n) is 6.05. The van der Waals surface area contributed by atoms with Gasteiger partial charge in [0.25, 0.3) is 5.91 Å². The molecular weight excluding hydrogens is 246 g/mol. The number of aliphatic hydroxyl groups is 1. The zero-order valence-corrected chi connectivity index (χ0v) is 11.2. The van der Waals surface area contributed by atoms with Crippen LogP contribution in [-0.4, -0.2) is 30.8 Å². The van der Waals surface area contributed by atoms with Crippen LogP contribution in [0.2, 0.25) is 0 Å². The van der Waals surface area contributed by atoms with Crippen molar-refractivity contribution in [3.05, 3.63) is 29.5 Å². The lowest BCUT2D eigenvalue weighted by Gasteiger charge is -2.09. The van der Waals surface area contributed by atoms with Crippen molar-refractivity contribution in [1.82, 2.24) is 5.32 Å². The molecule has 1 heterocycles. The lowest BCUT2D eigenvalue weighted by atomic mass is 10.1. The summed E-state index contributed by atoms with van der Waals surface area (Å²) >= 11 is 0. The number of amides is 1. The smallest absolute Gasteiger partial charge is 0.287 e. The van der Waals surface area contributed by atoms with Gasteiger partial charge in [-0.1, -0.05) is 0 Å². The molecule has 102 valence electrons. The van der Waals surface area contributed by atoms with Gasteiger partial charge in [0, 0.05) is 17.0 Å². The predicted molar refractivity (Wildman–Crippen MR) is 71.5 cm³/mol. The van der Waals surface area contributed by atoms with Gasteiger partial charge in [-0.25, -0.2) is 0 Å². The molecule has 0 saturated carbocycles. The number of furan rings is 1.